The van der Waals surface area contributed by atoms with Gasteiger partial charge in [0.25, 0.3) is 0 Å². The summed E-state index contributed by atoms with van der Waals surface area (Å²) in [6.45, 7) is 5.02. The average molecular weight is 480 g/mol. The molecule has 0 aromatic heterocycles. The molecule has 8 heteroatoms. The number of nitrogens with one attached hydrogen (secondary N) is 2. The first kappa shape index (κ1) is 24.7. The molecular weight excluding hydrogens is 446 g/mol. The Morgan fingerprint density at radius 2 is 1.69 bits per heavy atom. The van der Waals surface area contributed by atoms with Crippen LogP contribution >= 0.6 is 0 Å². The quantitative estimate of drug-likeness (QED) is 0.536. The number of aliphatic carboxylic acids is 1. The van der Waals surface area contributed by atoms with Crippen molar-refractivity contribution in [3.63, 3.8) is 0 Å². The van der Waals surface area contributed by atoms with Crippen LogP contribution in [0.15, 0.2) is 48.5 Å². The average Bonchev–Trinajstić information content (AvgIpc) is 3.27. The predicted octanol–water partition coefficient (Wildman–Crippen LogP) is 3.36. The second-order valence-corrected chi connectivity index (χ2v) is 10.1. The van der Waals surface area contributed by atoms with E-state index in [9.17, 15) is 14.4 Å². The van der Waals surface area contributed by atoms with E-state index < -0.39 is 24.0 Å². The summed E-state index contributed by atoms with van der Waals surface area (Å²) in [5.74, 6) is -1.52. The van der Waals surface area contributed by atoms with Gasteiger partial charge in [-0.25, -0.2) is 4.79 Å². The van der Waals surface area contributed by atoms with Crippen LogP contribution in [-0.2, 0) is 14.3 Å². The molecule has 2 aromatic rings. The Morgan fingerprint density at radius 1 is 1.09 bits per heavy atom. The van der Waals surface area contributed by atoms with Gasteiger partial charge in [-0.15, -0.1) is 0 Å². The molecule has 1 aliphatic carbocycles. The monoisotopic (exact) mass is 479 g/mol. The van der Waals surface area contributed by atoms with E-state index in [-0.39, 0.29) is 36.9 Å². The molecule has 2 atom stereocenters. The van der Waals surface area contributed by atoms with Crippen LogP contribution < -0.4 is 10.6 Å². The Hall–Kier alpha value is -3.39. The fourth-order valence-electron chi connectivity index (χ4n) is 5.12. The van der Waals surface area contributed by atoms with E-state index in [4.69, 9.17) is 9.84 Å². The van der Waals surface area contributed by atoms with Crippen molar-refractivity contribution < 1.29 is 24.2 Å². The number of amides is 2. The predicted molar refractivity (Wildman–Crippen MR) is 132 cm³/mol. The Labute approximate surface area is 205 Å². The number of ether oxygens (including phenoxy) is 1. The standard InChI is InChI=1S/C27H33N3O5/c1-27(2)14-17(15-30(27)3)28-25(33)23(12-13-24(31)32)29-26(34)35-16-22-20-10-6-4-8-18(20)19-9-5-7-11-21(19)22/h4-11,17,22-23H,12-16H2,1-3H3,(H,28,33)(H,29,34)(H,31,32). The van der Waals surface area contributed by atoms with Crippen molar-refractivity contribution in [2.45, 2.75) is 56.7 Å². The fourth-order valence-corrected chi connectivity index (χ4v) is 5.12. The third-order valence-corrected chi connectivity index (χ3v) is 7.22. The topological polar surface area (TPSA) is 108 Å². The molecule has 2 aliphatic rings. The number of likely N-dealkylation sites (N-methyl/N-ethyl adjacent to an activating group) is 1. The lowest BCUT2D eigenvalue weighted by atomic mass is 9.98. The number of likely N-dealkylation sites (tertiary alicyclic amines) is 1. The number of fused-ring (bicyclic) bond motifs is 3. The van der Waals surface area contributed by atoms with Gasteiger partial charge in [-0.3, -0.25) is 14.5 Å². The van der Waals surface area contributed by atoms with E-state index in [1.807, 2.05) is 43.4 Å². The van der Waals surface area contributed by atoms with Crippen LogP contribution in [0, 0.1) is 0 Å². The highest BCUT2D eigenvalue weighted by atomic mass is 16.5. The molecule has 2 aromatic carbocycles. The summed E-state index contributed by atoms with van der Waals surface area (Å²) >= 11 is 0. The number of benzene rings is 2. The van der Waals surface area contributed by atoms with Crippen LogP contribution in [0.25, 0.3) is 11.1 Å². The zero-order valence-electron chi connectivity index (χ0n) is 20.4. The molecule has 2 unspecified atom stereocenters. The number of carbonyl (C=O) groups is 3. The molecule has 3 N–H and O–H groups in total. The fraction of sp³-hybridized carbons (Fsp3) is 0.444. The molecule has 8 nitrogen and oxygen atoms in total. The molecule has 1 heterocycles. The van der Waals surface area contributed by atoms with E-state index in [1.54, 1.807) is 0 Å². The van der Waals surface area contributed by atoms with Gasteiger partial charge in [0, 0.05) is 30.5 Å². The maximum atomic E-state index is 13.0. The smallest absolute Gasteiger partial charge is 0.407 e. The summed E-state index contributed by atoms with van der Waals surface area (Å²) in [5.41, 5.74) is 4.39. The van der Waals surface area contributed by atoms with Crippen LogP contribution in [0.3, 0.4) is 0 Å². The minimum absolute atomic E-state index is 0.0166. The van der Waals surface area contributed by atoms with Crippen molar-refractivity contribution in [3.05, 3.63) is 59.7 Å². The molecule has 35 heavy (non-hydrogen) atoms. The van der Waals surface area contributed by atoms with Gasteiger partial charge in [0.2, 0.25) is 5.91 Å². The number of carboxylic acid groups (broad SMARTS) is 1. The number of rotatable bonds is 8. The molecule has 0 spiro atoms. The van der Waals surface area contributed by atoms with E-state index >= 15 is 0 Å². The lowest BCUT2D eigenvalue weighted by Crippen LogP contribution is -2.50. The van der Waals surface area contributed by atoms with Crippen molar-refractivity contribution in [1.82, 2.24) is 15.5 Å². The number of carbonyl (C=O) groups excluding carboxylic acids is 2. The van der Waals surface area contributed by atoms with Crippen LogP contribution in [0.1, 0.15) is 50.2 Å². The molecule has 186 valence electrons. The van der Waals surface area contributed by atoms with Gasteiger partial charge in [-0.05, 0) is 56.0 Å². The summed E-state index contributed by atoms with van der Waals surface area (Å²) in [6.07, 6.45) is -0.220. The van der Waals surface area contributed by atoms with Crippen LogP contribution in [0.5, 0.6) is 0 Å². The van der Waals surface area contributed by atoms with Crippen molar-refractivity contribution in [1.29, 1.82) is 0 Å². The molecular formula is C27H33N3O5. The van der Waals surface area contributed by atoms with Gasteiger partial charge in [0.05, 0.1) is 0 Å². The first-order valence-electron chi connectivity index (χ1n) is 12.0. The Balaban J connectivity index is 1.39. The largest absolute Gasteiger partial charge is 0.481 e. The highest BCUT2D eigenvalue weighted by Crippen LogP contribution is 2.44. The second kappa shape index (κ2) is 10.1. The van der Waals surface area contributed by atoms with Gasteiger partial charge in [0.15, 0.2) is 0 Å². The molecule has 2 amide bonds. The Kier molecular flexibility index (Phi) is 7.12. The van der Waals surface area contributed by atoms with Gasteiger partial charge < -0.3 is 20.5 Å². The summed E-state index contributed by atoms with van der Waals surface area (Å²) < 4.78 is 5.56. The molecule has 4 rings (SSSR count). The minimum Gasteiger partial charge on any atom is -0.481 e. The van der Waals surface area contributed by atoms with Crippen molar-refractivity contribution in [3.8, 4) is 11.1 Å². The first-order valence-corrected chi connectivity index (χ1v) is 12.0. The molecule has 1 aliphatic heterocycles. The number of nitrogens with zero attached hydrogens (tertiary/aromatic N) is 1. The van der Waals surface area contributed by atoms with Crippen LogP contribution in [0.2, 0.25) is 0 Å². The normalized spacial score (nSPS) is 19.5. The Morgan fingerprint density at radius 3 is 2.23 bits per heavy atom. The number of alkyl carbamates (subject to hydrolysis) is 1. The second-order valence-electron chi connectivity index (χ2n) is 10.1. The maximum Gasteiger partial charge on any atom is 0.407 e. The minimum atomic E-state index is -1.03. The van der Waals surface area contributed by atoms with Gasteiger partial charge in [-0.2, -0.15) is 0 Å². The lowest BCUT2D eigenvalue weighted by molar-refractivity contribution is -0.137. The Bertz CT molecular complexity index is 1070. The molecule has 1 saturated heterocycles. The van der Waals surface area contributed by atoms with Crippen LogP contribution in [-0.4, -0.2) is 65.8 Å². The van der Waals surface area contributed by atoms with Gasteiger partial charge >= 0.3 is 12.1 Å². The van der Waals surface area contributed by atoms with E-state index in [2.05, 4.69) is 41.5 Å². The highest BCUT2D eigenvalue weighted by Gasteiger charge is 2.37. The van der Waals surface area contributed by atoms with Crippen molar-refractivity contribution in [2.24, 2.45) is 0 Å². The maximum absolute atomic E-state index is 13.0. The summed E-state index contributed by atoms with van der Waals surface area (Å²) in [4.78, 5) is 39.0. The number of hydrogen-bond acceptors (Lipinski definition) is 5. The molecule has 1 fully saturated rings. The lowest BCUT2D eigenvalue weighted by Gasteiger charge is -2.26. The van der Waals surface area contributed by atoms with E-state index in [0.717, 1.165) is 28.7 Å². The number of carboxylic acids is 1. The van der Waals surface area contributed by atoms with E-state index in [1.165, 1.54) is 0 Å². The zero-order chi connectivity index (χ0) is 25.2. The third kappa shape index (κ3) is 5.48. The van der Waals surface area contributed by atoms with Gasteiger partial charge in [0.1, 0.15) is 12.6 Å². The molecule has 0 saturated carbocycles. The third-order valence-electron chi connectivity index (χ3n) is 7.22. The van der Waals surface area contributed by atoms with Crippen molar-refractivity contribution in [2.75, 3.05) is 20.2 Å². The van der Waals surface area contributed by atoms with Crippen molar-refractivity contribution >= 4 is 18.0 Å². The summed E-state index contributed by atoms with van der Waals surface area (Å²) in [7, 11) is 2.00. The molecule has 0 bridgehead atoms. The SMILES string of the molecule is CN1CC(NC(=O)C(CCC(=O)O)NC(=O)OCC2c3ccccc3-c3ccccc32)CC1(C)C. The number of hydrogen-bond donors (Lipinski definition) is 3. The summed E-state index contributed by atoms with van der Waals surface area (Å²) in [6, 6.07) is 15.0. The van der Waals surface area contributed by atoms with Crippen LogP contribution in [0.4, 0.5) is 4.79 Å². The van der Waals surface area contributed by atoms with E-state index in [0.29, 0.717) is 6.54 Å². The van der Waals surface area contributed by atoms with Gasteiger partial charge in [-0.1, -0.05) is 48.5 Å². The molecule has 0 radical (unpaired) electrons. The zero-order valence-corrected chi connectivity index (χ0v) is 20.4. The first-order chi connectivity index (χ1) is 16.7. The highest BCUT2D eigenvalue weighted by molar-refractivity contribution is 5.86. The summed E-state index contributed by atoms with van der Waals surface area (Å²) in [5, 5.41) is 14.7.